The molecule has 0 aliphatic carbocycles. The highest BCUT2D eigenvalue weighted by Gasteiger charge is 2.11. The molecule has 0 amide bonds. The van der Waals surface area contributed by atoms with Crippen LogP contribution in [0.5, 0.6) is 0 Å². The van der Waals surface area contributed by atoms with Gasteiger partial charge in [0, 0.05) is 30.4 Å². The summed E-state index contributed by atoms with van der Waals surface area (Å²) in [6, 6.07) is 13.4. The lowest BCUT2D eigenvalue weighted by molar-refractivity contribution is 0.187. The molecule has 3 N–H and O–H groups in total. The Hall–Kier alpha value is -1.55. The molecule has 0 spiro atoms. The van der Waals surface area contributed by atoms with E-state index in [1.807, 2.05) is 49.3 Å². The fourth-order valence-electron chi connectivity index (χ4n) is 1.98. The van der Waals surface area contributed by atoms with Crippen molar-refractivity contribution in [2.24, 2.45) is 5.73 Å². The van der Waals surface area contributed by atoms with Gasteiger partial charge in [-0.3, -0.25) is 0 Å². The molecule has 0 bridgehead atoms. The van der Waals surface area contributed by atoms with Crippen molar-refractivity contribution in [3.8, 4) is 11.1 Å². The molecule has 2 aromatic rings. The van der Waals surface area contributed by atoms with E-state index in [4.69, 9.17) is 17.3 Å². The Morgan fingerprint density at radius 1 is 1.11 bits per heavy atom. The predicted molar refractivity (Wildman–Crippen MR) is 80.4 cm³/mol. The van der Waals surface area contributed by atoms with E-state index in [2.05, 4.69) is 0 Å². The zero-order valence-corrected chi connectivity index (χ0v) is 11.7. The lowest BCUT2D eigenvalue weighted by Crippen LogP contribution is -2.10. The summed E-state index contributed by atoms with van der Waals surface area (Å²) in [5.74, 6) is 0. The first-order chi connectivity index (χ1) is 8.99. The minimum absolute atomic E-state index is 0.563. The molecule has 0 saturated heterocycles. The molecular weight excluding hydrogens is 260 g/mol. The monoisotopic (exact) mass is 276 g/mol. The van der Waals surface area contributed by atoms with Crippen LogP contribution in [-0.2, 0) is 0 Å². The van der Waals surface area contributed by atoms with Crippen molar-refractivity contribution < 1.29 is 5.11 Å². The number of hydrogen-bond acceptors (Lipinski definition) is 3. The van der Waals surface area contributed by atoms with Gasteiger partial charge in [-0.05, 0) is 35.4 Å². The van der Waals surface area contributed by atoms with Gasteiger partial charge in [-0.25, -0.2) is 0 Å². The quantitative estimate of drug-likeness (QED) is 0.847. The second-order valence-corrected chi connectivity index (χ2v) is 5.05. The van der Waals surface area contributed by atoms with Gasteiger partial charge in [-0.15, -0.1) is 0 Å². The summed E-state index contributed by atoms with van der Waals surface area (Å²) in [7, 11) is 3.98. The van der Waals surface area contributed by atoms with Crippen molar-refractivity contribution >= 4 is 17.3 Å². The van der Waals surface area contributed by atoms with E-state index in [9.17, 15) is 5.11 Å². The topological polar surface area (TPSA) is 49.5 Å². The number of nitrogens with two attached hydrogens (primary N) is 1. The third-order valence-corrected chi connectivity index (χ3v) is 3.26. The standard InChI is InChI=1S/C15H17ClN2O/c1-18(2)12-6-3-10(4-7-12)13-8-5-11(16)9-14(13)15(17)19/h3-9,15,19H,17H2,1-2H3. The molecule has 1 unspecified atom stereocenters. The molecule has 0 aliphatic heterocycles. The van der Waals surface area contributed by atoms with Crippen molar-refractivity contribution in [2.45, 2.75) is 6.23 Å². The van der Waals surface area contributed by atoms with E-state index >= 15 is 0 Å². The van der Waals surface area contributed by atoms with Gasteiger partial charge in [0.15, 0.2) is 0 Å². The number of rotatable bonds is 3. The van der Waals surface area contributed by atoms with Gasteiger partial charge in [0.05, 0.1) is 0 Å². The fourth-order valence-corrected chi connectivity index (χ4v) is 2.16. The maximum atomic E-state index is 9.64. The molecule has 0 saturated carbocycles. The number of aliphatic hydroxyl groups excluding tert-OH is 1. The van der Waals surface area contributed by atoms with Crippen LogP contribution < -0.4 is 10.6 Å². The molecule has 2 rings (SSSR count). The Labute approximate surface area is 118 Å². The molecular formula is C15H17ClN2O. The van der Waals surface area contributed by atoms with Gasteiger partial charge in [-0.2, -0.15) is 0 Å². The van der Waals surface area contributed by atoms with Crippen LogP contribution >= 0.6 is 11.6 Å². The number of hydrogen-bond donors (Lipinski definition) is 2. The van der Waals surface area contributed by atoms with Crippen LogP contribution in [0.25, 0.3) is 11.1 Å². The number of halogens is 1. The van der Waals surface area contributed by atoms with E-state index < -0.39 is 6.23 Å². The molecule has 4 heteroatoms. The van der Waals surface area contributed by atoms with E-state index in [1.54, 1.807) is 12.1 Å². The molecule has 2 aromatic carbocycles. The Kier molecular flexibility index (Phi) is 4.10. The Bertz CT molecular complexity index is 565. The number of anilines is 1. The summed E-state index contributed by atoms with van der Waals surface area (Å²) in [4.78, 5) is 2.03. The molecule has 100 valence electrons. The number of benzene rings is 2. The minimum atomic E-state index is -1.04. The summed E-state index contributed by atoms with van der Waals surface area (Å²) in [6.45, 7) is 0. The average Bonchev–Trinajstić information content (AvgIpc) is 2.38. The van der Waals surface area contributed by atoms with Gasteiger partial charge in [0.25, 0.3) is 0 Å². The molecule has 0 fully saturated rings. The lowest BCUT2D eigenvalue weighted by Gasteiger charge is -2.15. The van der Waals surface area contributed by atoms with Crippen molar-refractivity contribution in [1.29, 1.82) is 0 Å². The molecule has 1 atom stereocenters. The van der Waals surface area contributed by atoms with Crippen molar-refractivity contribution in [3.63, 3.8) is 0 Å². The molecule has 0 aliphatic rings. The predicted octanol–water partition coefficient (Wildman–Crippen LogP) is 3.02. The van der Waals surface area contributed by atoms with Crippen molar-refractivity contribution in [2.75, 3.05) is 19.0 Å². The van der Waals surface area contributed by atoms with Crippen molar-refractivity contribution in [3.05, 3.63) is 53.1 Å². The highest BCUT2D eigenvalue weighted by Crippen LogP contribution is 2.30. The summed E-state index contributed by atoms with van der Waals surface area (Å²) < 4.78 is 0. The van der Waals surface area contributed by atoms with Gasteiger partial charge >= 0.3 is 0 Å². The lowest BCUT2D eigenvalue weighted by atomic mass is 9.98. The Morgan fingerprint density at radius 2 is 1.74 bits per heavy atom. The molecule has 19 heavy (non-hydrogen) atoms. The van der Waals surface area contributed by atoms with Gasteiger partial charge in [-0.1, -0.05) is 29.8 Å². The van der Waals surface area contributed by atoms with E-state index in [0.29, 0.717) is 10.6 Å². The van der Waals surface area contributed by atoms with Crippen LogP contribution in [0.2, 0.25) is 5.02 Å². The van der Waals surface area contributed by atoms with E-state index in [-0.39, 0.29) is 0 Å². The smallest absolute Gasteiger partial charge is 0.129 e. The van der Waals surface area contributed by atoms with Gasteiger partial charge in [0.1, 0.15) is 6.23 Å². The SMILES string of the molecule is CN(C)c1ccc(-c2ccc(Cl)cc2C(N)O)cc1. The second kappa shape index (κ2) is 5.61. The first-order valence-corrected chi connectivity index (χ1v) is 6.37. The first kappa shape index (κ1) is 13.9. The number of aliphatic hydroxyl groups is 1. The average molecular weight is 277 g/mol. The molecule has 0 aromatic heterocycles. The largest absolute Gasteiger partial charge is 0.378 e. The molecule has 0 heterocycles. The Morgan fingerprint density at radius 3 is 2.26 bits per heavy atom. The van der Waals surface area contributed by atoms with Crippen LogP contribution in [0, 0.1) is 0 Å². The van der Waals surface area contributed by atoms with Crippen LogP contribution in [0.1, 0.15) is 11.8 Å². The second-order valence-electron chi connectivity index (χ2n) is 4.62. The van der Waals surface area contributed by atoms with Crippen LogP contribution in [0.15, 0.2) is 42.5 Å². The third-order valence-electron chi connectivity index (χ3n) is 3.03. The molecule has 3 nitrogen and oxygen atoms in total. The third kappa shape index (κ3) is 3.07. The number of nitrogens with zero attached hydrogens (tertiary/aromatic N) is 1. The van der Waals surface area contributed by atoms with Gasteiger partial charge < -0.3 is 15.7 Å². The summed E-state index contributed by atoms with van der Waals surface area (Å²) in [6.07, 6.45) is -1.04. The fraction of sp³-hybridized carbons (Fsp3) is 0.200. The van der Waals surface area contributed by atoms with Crippen LogP contribution in [0.3, 0.4) is 0 Å². The maximum absolute atomic E-state index is 9.64. The zero-order chi connectivity index (χ0) is 14.0. The van der Waals surface area contributed by atoms with Crippen LogP contribution in [0.4, 0.5) is 5.69 Å². The van der Waals surface area contributed by atoms with Crippen molar-refractivity contribution in [1.82, 2.24) is 0 Å². The van der Waals surface area contributed by atoms with Crippen LogP contribution in [-0.4, -0.2) is 19.2 Å². The van der Waals surface area contributed by atoms with E-state index in [1.165, 1.54) is 0 Å². The van der Waals surface area contributed by atoms with E-state index in [0.717, 1.165) is 16.8 Å². The highest BCUT2D eigenvalue weighted by atomic mass is 35.5. The zero-order valence-electron chi connectivity index (χ0n) is 11.0. The normalized spacial score (nSPS) is 12.3. The summed E-state index contributed by atoms with van der Waals surface area (Å²) >= 11 is 5.94. The molecule has 0 radical (unpaired) electrons. The maximum Gasteiger partial charge on any atom is 0.129 e. The highest BCUT2D eigenvalue weighted by molar-refractivity contribution is 6.30. The summed E-state index contributed by atoms with van der Waals surface area (Å²) in [5, 5.41) is 10.2. The Balaban J connectivity index is 2.46. The minimum Gasteiger partial charge on any atom is -0.378 e. The summed E-state index contributed by atoms with van der Waals surface area (Å²) in [5.41, 5.74) is 9.23. The van der Waals surface area contributed by atoms with Gasteiger partial charge in [0.2, 0.25) is 0 Å². The first-order valence-electron chi connectivity index (χ1n) is 6.00.